The first kappa shape index (κ1) is 14.3. The summed E-state index contributed by atoms with van der Waals surface area (Å²) in [5, 5.41) is 9.45. The van der Waals surface area contributed by atoms with Gasteiger partial charge in [-0.15, -0.1) is 0 Å². The van der Waals surface area contributed by atoms with Crippen molar-refractivity contribution in [1.29, 1.82) is 0 Å². The van der Waals surface area contributed by atoms with Gasteiger partial charge < -0.3 is 5.11 Å². The van der Waals surface area contributed by atoms with Crippen molar-refractivity contribution in [3.63, 3.8) is 0 Å². The van der Waals surface area contributed by atoms with Gasteiger partial charge in [-0.25, -0.2) is 0 Å². The van der Waals surface area contributed by atoms with Crippen molar-refractivity contribution < 1.29 is 9.90 Å². The molecule has 3 nitrogen and oxygen atoms in total. The van der Waals surface area contributed by atoms with E-state index in [1.54, 1.807) is 18.3 Å². The second-order valence-electron chi connectivity index (χ2n) is 5.37. The molecule has 1 aromatic heterocycles. The van der Waals surface area contributed by atoms with Gasteiger partial charge in [0.2, 0.25) is 0 Å². The van der Waals surface area contributed by atoms with Crippen molar-refractivity contribution in [3.8, 4) is 0 Å². The lowest BCUT2D eigenvalue weighted by atomic mass is 9.93. The second kappa shape index (κ2) is 6.33. The molecule has 2 aromatic rings. The number of aliphatic carboxylic acids is 1. The molecule has 1 aromatic carbocycles. The fourth-order valence-electron chi connectivity index (χ4n) is 2.30. The summed E-state index contributed by atoms with van der Waals surface area (Å²) < 4.78 is 0. The van der Waals surface area contributed by atoms with Crippen molar-refractivity contribution in [2.24, 2.45) is 5.92 Å². The lowest BCUT2D eigenvalue weighted by Crippen LogP contribution is -2.14. The van der Waals surface area contributed by atoms with Gasteiger partial charge >= 0.3 is 5.97 Å². The minimum absolute atomic E-state index is 0.566. The van der Waals surface area contributed by atoms with E-state index in [-0.39, 0.29) is 0 Å². The lowest BCUT2D eigenvalue weighted by Gasteiger charge is -2.13. The van der Waals surface area contributed by atoms with Crippen molar-refractivity contribution in [1.82, 2.24) is 4.98 Å². The lowest BCUT2D eigenvalue weighted by molar-refractivity contribution is -0.137. The van der Waals surface area contributed by atoms with Gasteiger partial charge in [0.05, 0.1) is 5.69 Å². The van der Waals surface area contributed by atoms with E-state index in [4.69, 9.17) is 0 Å². The molecule has 0 amide bonds. The van der Waals surface area contributed by atoms with Crippen molar-refractivity contribution in [2.75, 3.05) is 0 Å². The van der Waals surface area contributed by atoms with Gasteiger partial charge in [-0.05, 0) is 35.6 Å². The molecule has 2 rings (SSSR count). The first-order valence-corrected chi connectivity index (χ1v) is 6.80. The molecule has 0 aliphatic heterocycles. The average molecular weight is 269 g/mol. The molecule has 3 heteroatoms. The molecule has 0 saturated carbocycles. The largest absolute Gasteiger partial charge is 0.480 e. The van der Waals surface area contributed by atoms with Gasteiger partial charge in [0, 0.05) is 6.20 Å². The summed E-state index contributed by atoms with van der Waals surface area (Å²) in [6, 6.07) is 13.2. The summed E-state index contributed by atoms with van der Waals surface area (Å²) in [4.78, 5) is 15.7. The molecule has 104 valence electrons. The van der Waals surface area contributed by atoms with E-state index in [0.29, 0.717) is 11.6 Å². The van der Waals surface area contributed by atoms with Gasteiger partial charge in [0.15, 0.2) is 0 Å². The van der Waals surface area contributed by atoms with Crippen LogP contribution in [0.15, 0.2) is 48.7 Å². The van der Waals surface area contributed by atoms with Crippen LogP contribution in [-0.4, -0.2) is 16.1 Å². The Morgan fingerprint density at radius 1 is 1.15 bits per heavy atom. The van der Waals surface area contributed by atoms with Crippen molar-refractivity contribution in [3.05, 3.63) is 65.5 Å². The Hall–Kier alpha value is -2.16. The standard InChI is InChI=1S/C17H19NO2/c1-12(2)11-13-6-8-14(9-7-13)16(17(19)20)15-5-3-4-10-18-15/h3-10,12,16H,11H2,1-2H3,(H,19,20). The SMILES string of the molecule is CC(C)Cc1ccc(C(C(=O)O)c2ccccn2)cc1. The van der Waals surface area contributed by atoms with Crippen LogP contribution in [0.25, 0.3) is 0 Å². The van der Waals surface area contributed by atoms with E-state index in [1.807, 2.05) is 30.3 Å². The summed E-state index contributed by atoms with van der Waals surface area (Å²) in [6.07, 6.45) is 2.63. The Balaban J connectivity index is 2.29. The molecular formula is C17H19NO2. The number of carbonyl (C=O) groups is 1. The highest BCUT2D eigenvalue weighted by molar-refractivity contribution is 5.79. The van der Waals surface area contributed by atoms with Crippen LogP contribution in [-0.2, 0) is 11.2 Å². The van der Waals surface area contributed by atoms with Crippen LogP contribution >= 0.6 is 0 Å². The smallest absolute Gasteiger partial charge is 0.317 e. The molecule has 0 fully saturated rings. The molecule has 1 N–H and O–H groups in total. The molecular weight excluding hydrogens is 250 g/mol. The van der Waals surface area contributed by atoms with Crippen LogP contribution in [0.2, 0.25) is 0 Å². The zero-order valence-corrected chi connectivity index (χ0v) is 11.8. The van der Waals surface area contributed by atoms with Crippen LogP contribution in [0.5, 0.6) is 0 Å². The van der Waals surface area contributed by atoms with Gasteiger partial charge in [0.1, 0.15) is 5.92 Å². The number of hydrogen-bond acceptors (Lipinski definition) is 2. The average Bonchev–Trinajstić information content (AvgIpc) is 2.41. The van der Waals surface area contributed by atoms with E-state index >= 15 is 0 Å². The fraction of sp³-hybridized carbons (Fsp3) is 0.294. The molecule has 0 spiro atoms. The second-order valence-corrected chi connectivity index (χ2v) is 5.37. The Kier molecular flexibility index (Phi) is 4.51. The van der Waals surface area contributed by atoms with E-state index < -0.39 is 11.9 Å². The molecule has 0 aliphatic carbocycles. The van der Waals surface area contributed by atoms with Crippen LogP contribution in [0.4, 0.5) is 0 Å². The molecule has 1 unspecified atom stereocenters. The van der Waals surface area contributed by atoms with E-state index in [1.165, 1.54) is 5.56 Å². The predicted molar refractivity (Wildman–Crippen MR) is 78.7 cm³/mol. The van der Waals surface area contributed by atoms with E-state index in [9.17, 15) is 9.90 Å². The predicted octanol–water partition coefficient (Wildman–Crippen LogP) is 3.50. The molecule has 0 radical (unpaired) electrons. The first-order chi connectivity index (χ1) is 9.58. The maximum atomic E-state index is 11.5. The van der Waals surface area contributed by atoms with Gasteiger partial charge in [-0.2, -0.15) is 0 Å². The Morgan fingerprint density at radius 3 is 2.35 bits per heavy atom. The first-order valence-electron chi connectivity index (χ1n) is 6.80. The summed E-state index contributed by atoms with van der Waals surface area (Å²) in [7, 11) is 0. The Labute approximate surface area is 119 Å². The quantitative estimate of drug-likeness (QED) is 0.903. The van der Waals surface area contributed by atoms with Gasteiger partial charge in [-0.3, -0.25) is 9.78 Å². The summed E-state index contributed by atoms with van der Waals surface area (Å²) in [5.41, 5.74) is 2.56. The maximum absolute atomic E-state index is 11.5. The molecule has 1 heterocycles. The fourth-order valence-corrected chi connectivity index (χ4v) is 2.30. The minimum atomic E-state index is -0.875. The Bertz CT molecular complexity index is 561. The maximum Gasteiger partial charge on any atom is 0.317 e. The summed E-state index contributed by atoms with van der Waals surface area (Å²) in [5.74, 6) is -0.989. The number of hydrogen-bond donors (Lipinski definition) is 1. The Morgan fingerprint density at radius 2 is 1.85 bits per heavy atom. The molecule has 0 aliphatic rings. The highest BCUT2D eigenvalue weighted by Crippen LogP contribution is 2.24. The number of carboxylic acid groups (broad SMARTS) is 1. The molecule has 20 heavy (non-hydrogen) atoms. The normalized spacial score (nSPS) is 12.3. The van der Waals surface area contributed by atoms with Crippen LogP contribution in [0.1, 0.15) is 36.6 Å². The topological polar surface area (TPSA) is 50.2 Å². The van der Waals surface area contributed by atoms with Gasteiger partial charge in [0.25, 0.3) is 0 Å². The molecule has 0 bridgehead atoms. The van der Waals surface area contributed by atoms with Crippen LogP contribution in [0, 0.1) is 5.92 Å². The van der Waals surface area contributed by atoms with Crippen molar-refractivity contribution >= 4 is 5.97 Å². The number of carboxylic acids is 1. The molecule has 0 saturated heterocycles. The highest BCUT2D eigenvalue weighted by atomic mass is 16.4. The zero-order valence-electron chi connectivity index (χ0n) is 11.8. The third kappa shape index (κ3) is 3.44. The van der Waals surface area contributed by atoms with Crippen LogP contribution in [0.3, 0.4) is 0 Å². The number of pyridine rings is 1. The minimum Gasteiger partial charge on any atom is -0.480 e. The number of aromatic nitrogens is 1. The third-order valence-electron chi connectivity index (χ3n) is 3.19. The summed E-state index contributed by atoms with van der Waals surface area (Å²) in [6.45, 7) is 4.34. The van der Waals surface area contributed by atoms with Crippen molar-refractivity contribution in [2.45, 2.75) is 26.2 Å². The highest BCUT2D eigenvalue weighted by Gasteiger charge is 2.23. The number of benzene rings is 1. The van der Waals surface area contributed by atoms with E-state index in [0.717, 1.165) is 12.0 Å². The monoisotopic (exact) mass is 269 g/mol. The van der Waals surface area contributed by atoms with Crippen LogP contribution < -0.4 is 0 Å². The number of rotatable bonds is 5. The summed E-state index contributed by atoms with van der Waals surface area (Å²) >= 11 is 0. The third-order valence-corrected chi connectivity index (χ3v) is 3.19. The van der Waals surface area contributed by atoms with Gasteiger partial charge in [-0.1, -0.05) is 44.2 Å². The molecule has 1 atom stereocenters. The zero-order chi connectivity index (χ0) is 14.5. The number of nitrogens with zero attached hydrogens (tertiary/aromatic N) is 1. The van der Waals surface area contributed by atoms with E-state index in [2.05, 4.69) is 18.8 Å².